The van der Waals surface area contributed by atoms with Crippen LogP contribution < -0.4 is 9.64 Å². The Morgan fingerprint density at radius 1 is 1.17 bits per heavy atom. The Labute approximate surface area is 189 Å². The van der Waals surface area contributed by atoms with E-state index in [1.165, 1.54) is 11.8 Å². The molecule has 2 aliphatic rings. The summed E-state index contributed by atoms with van der Waals surface area (Å²) in [6.07, 6.45) is 0.136. The summed E-state index contributed by atoms with van der Waals surface area (Å²) in [6.45, 7) is 0. The zero-order chi connectivity index (χ0) is 21.5. The van der Waals surface area contributed by atoms with Crippen molar-refractivity contribution in [3.63, 3.8) is 0 Å². The van der Waals surface area contributed by atoms with Crippen LogP contribution in [-0.4, -0.2) is 49.4 Å². The molecule has 0 N–H and O–H groups in total. The van der Waals surface area contributed by atoms with E-state index in [1.807, 2.05) is 12.1 Å². The summed E-state index contributed by atoms with van der Waals surface area (Å²) < 4.78 is 29.5. The maximum Gasteiger partial charge on any atom is 0.252 e. The molecule has 4 rings (SSSR count). The molecular formula is C20H18Cl2N2O4S2. The number of nitrogens with zero attached hydrogens (tertiary/aromatic N) is 2. The topological polar surface area (TPSA) is 76.0 Å². The molecule has 2 saturated heterocycles. The molecule has 0 spiro atoms. The number of carbonyl (C=O) groups is 1. The van der Waals surface area contributed by atoms with E-state index in [2.05, 4.69) is 4.99 Å². The number of ether oxygens (including phenoxy) is 1. The summed E-state index contributed by atoms with van der Waals surface area (Å²) in [5.74, 6) is 0.474. The first-order valence-corrected chi connectivity index (χ1v) is 12.6. The summed E-state index contributed by atoms with van der Waals surface area (Å²) in [7, 11) is -1.56. The number of rotatable bonds is 4. The third-order valence-electron chi connectivity index (χ3n) is 4.98. The first-order chi connectivity index (χ1) is 14.3. The Kier molecular flexibility index (Phi) is 6.03. The molecule has 2 aliphatic heterocycles. The highest BCUT2D eigenvalue weighted by Crippen LogP contribution is 2.42. The highest BCUT2D eigenvalue weighted by molar-refractivity contribution is 8.16. The SMILES string of the molecule is COc1ccc(CC(=O)N=C2S[C@@H]3CS(=O)(=O)C[C@H]3N2c2ccc(Cl)c(Cl)c2)cc1. The predicted octanol–water partition coefficient (Wildman–Crippen LogP) is 3.85. The molecule has 30 heavy (non-hydrogen) atoms. The van der Waals surface area contributed by atoms with Crippen molar-refractivity contribution in [1.29, 1.82) is 0 Å². The molecule has 1 amide bonds. The van der Waals surface area contributed by atoms with Crippen LogP contribution in [0.3, 0.4) is 0 Å². The van der Waals surface area contributed by atoms with Crippen LogP contribution in [0.5, 0.6) is 5.75 Å². The normalized spacial score (nSPS) is 23.6. The molecule has 2 atom stereocenters. The van der Waals surface area contributed by atoms with Gasteiger partial charge in [0.25, 0.3) is 5.91 Å². The average molecular weight is 485 g/mol. The molecule has 2 heterocycles. The van der Waals surface area contributed by atoms with Gasteiger partial charge in [0.1, 0.15) is 5.75 Å². The Morgan fingerprint density at radius 3 is 2.57 bits per heavy atom. The molecule has 0 unspecified atom stereocenters. The maximum absolute atomic E-state index is 12.6. The van der Waals surface area contributed by atoms with Crippen molar-refractivity contribution < 1.29 is 17.9 Å². The number of fused-ring (bicyclic) bond motifs is 1. The van der Waals surface area contributed by atoms with Gasteiger partial charge in [-0.15, -0.1) is 0 Å². The highest BCUT2D eigenvalue weighted by atomic mass is 35.5. The number of amides is 1. The van der Waals surface area contributed by atoms with Crippen molar-refractivity contribution in [3.05, 3.63) is 58.1 Å². The maximum atomic E-state index is 12.6. The van der Waals surface area contributed by atoms with Gasteiger partial charge in [-0.05, 0) is 35.9 Å². The number of hydrogen-bond donors (Lipinski definition) is 0. The summed E-state index contributed by atoms with van der Waals surface area (Å²) in [5.41, 5.74) is 1.48. The molecule has 0 saturated carbocycles. The van der Waals surface area contributed by atoms with Crippen LogP contribution in [0.25, 0.3) is 0 Å². The summed E-state index contributed by atoms with van der Waals surface area (Å²) in [5, 5.41) is 1.05. The van der Waals surface area contributed by atoms with Gasteiger partial charge < -0.3 is 9.64 Å². The molecule has 2 aromatic carbocycles. The lowest BCUT2D eigenvalue weighted by Gasteiger charge is -2.24. The van der Waals surface area contributed by atoms with E-state index in [-0.39, 0.29) is 35.1 Å². The minimum Gasteiger partial charge on any atom is -0.497 e. The van der Waals surface area contributed by atoms with Crippen LogP contribution in [0.2, 0.25) is 10.0 Å². The van der Waals surface area contributed by atoms with Gasteiger partial charge >= 0.3 is 0 Å². The van der Waals surface area contributed by atoms with Crippen molar-refractivity contribution >= 4 is 61.6 Å². The first-order valence-electron chi connectivity index (χ1n) is 9.11. The monoisotopic (exact) mass is 484 g/mol. The number of hydrogen-bond acceptors (Lipinski definition) is 5. The minimum atomic E-state index is -3.15. The first kappa shape index (κ1) is 21.5. The number of carbonyl (C=O) groups excluding carboxylic acids is 1. The van der Waals surface area contributed by atoms with Crippen LogP contribution in [0.4, 0.5) is 5.69 Å². The van der Waals surface area contributed by atoms with Gasteiger partial charge in [0.05, 0.1) is 41.1 Å². The Balaban J connectivity index is 1.62. The van der Waals surface area contributed by atoms with E-state index in [0.29, 0.717) is 26.6 Å². The Bertz CT molecular complexity index is 1120. The quantitative estimate of drug-likeness (QED) is 0.655. The van der Waals surface area contributed by atoms with E-state index in [0.717, 1.165) is 5.56 Å². The molecule has 0 bridgehead atoms. The smallest absolute Gasteiger partial charge is 0.252 e. The number of aliphatic imine (C=N–C) groups is 1. The number of amidine groups is 1. The number of benzene rings is 2. The van der Waals surface area contributed by atoms with Crippen molar-refractivity contribution in [2.24, 2.45) is 4.99 Å². The Hall–Kier alpha value is -1.74. The van der Waals surface area contributed by atoms with Gasteiger partial charge in [-0.3, -0.25) is 4.79 Å². The standard InChI is InChI=1S/C20H18Cl2N2O4S2/c1-28-14-5-2-12(3-6-14)8-19(25)23-20-24(13-4-7-15(21)16(22)9-13)17-10-30(26,27)11-18(17)29-20/h2-7,9,17-18H,8,10-11H2,1H3/t17-,18-/m1/s1. The van der Waals surface area contributed by atoms with Crippen molar-refractivity contribution in [1.82, 2.24) is 0 Å². The Morgan fingerprint density at radius 2 is 1.90 bits per heavy atom. The molecule has 0 aliphatic carbocycles. The molecule has 0 aromatic heterocycles. The fraction of sp³-hybridized carbons (Fsp3) is 0.300. The van der Waals surface area contributed by atoms with E-state index < -0.39 is 9.84 Å². The molecule has 0 radical (unpaired) electrons. The third kappa shape index (κ3) is 4.46. The minimum absolute atomic E-state index is 0.0105. The second-order valence-electron chi connectivity index (χ2n) is 7.08. The predicted molar refractivity (Wildman–Crippen MR) is 122 cm³/mol. The fourth-order valence-electron chi connectivity index (χ4n) is 3.57. The number of thioether (sulfide) groups is 1. The molecule has 10 heteroatoms. The lowest BCUT2D eigenvalue weighted by atomic mass is 10.1. The van der Waals surface area contributed by atoms with E-state index in [1.54, 1.807) is 42.3 Å². The number of halogens is 2. The van der Waals surface area contributed by atoms with Crippen molar-refractivity contribution in [2.45, 2.75) is 17.7 Å². The van der Waals surface area contributed by atoms with Gasteiger partial charge in [-0.25, -0.2) is 8.42 Å². The summed E-state index contributed by atoms with van der Waals surface area (Å²) >= 11 is 13.5. The molecule has 158 valence electrons. The molecule has 6 nitrogen and oxygen atoms in total. The third-order valence-corrected chi connectivity index (χ3v) is 8.93. The molecular weight excluding hydrogens is 467 g/mol. The summed E-state index contributed by atoms with van der Waals surface area (Å²) in [6, 6.07) is 12.0. The van der Waals surface area contributed by atoms with Crippen LogP contribution in [0.15, 0.2) is 47.5 Å². The molecule has 2 fully saturated rings. The van der Waals surface area contributed by atoms with Gasteiger partial charge in [-0.2, -0.15) is 4.99 Å². The van der Waals surface area contributed by atoms with Crippen molar-refractivity contribution in [2.75, 3.05) is 23.5 Å². The second kappa shape index (κ2) is 8.42. The van der Waals surface area contributed by atoms with Crippen molar-refractivity contribution in [3.8, 4) is 5.75 Å². The van der Waals surface area contributed by atoms with Crippen LogP contribution >= 0.6 is 35.0 Å². The zero-order valence-corrected chi connectivity index (χ0v) is 19.1. The fourth-order valence-corrected chi connectivity index (χ4v) is 7.79. The number of anilines is 1. The van der Waals surface area contributed by atoms with Gasteiger partial charge in [-0.1, -0.05) is 47.1 Å². The second-order valence-corrected chi connectivity index (χ2v) is 11.3. The summed E-state index contributed by atoms with van der Waals surface area (Å²) in [4.78, 5) is 18.8. The van der Waals surface area contributed by atoms with Gasteiger partial charge in [0.2, 0.25) is 0 Å². The number of methoxy groups -OCH3 is 1. The zero-order valence-electron chi connectivity index (χ0n) is 15.9. The van der Waals surface area contributed by atoms with Crippen LogP contribution in [-0.2, 0) is 21.1 Å². The van der Waals surface area contributed by atoms with Gasteiger partial charge in [0, 0.05) is 10.9 Å². The highest BCUT2D eigenvalue weighted by Gasteiger charge is 2.49. The van der Waals surface area contributed by atoms with Crippen LogP contribution in [0.1, 0.15) is 5.56 Å². The van der Waals surface area contributed by atoms with Crippen LogP contribution in [0, 0.1) is 0 Å². The van der Waals surface area contributed by atoms with E-state index in [4.69, 9.17) is 27.9 Å². The van der Waals surface area contributed by atoms with Gasteiger partial charge in [0.15, 0.2) is 15.0 Å². The van der Waals surface area contributed by atoms with E-state index in [9.17, 15) is 13.2 Å². The average Bonchev–Trinajstić information content (AvgIpc) is 3.15. The number of sulfone groups is 1. The lowest BCUT2D eigenvalue weighted by molar-refractivity contribution is -0.117. The largest absolute Gasteiger partial charge is 0.497 e. The van der Waals surface area contributed by atoms with E-state index >= 15 is 0 Å². The molecule has 2 aromatic rings. The lowest BCUT2D eigenvalue weighted by Crippen LogP contribution is -2.37.